The predicted octanol–water partition coefficient (Wildman–Crippen LogP) is 3.85. The third kappa shape index (κ3) is 5.29. The lowest BCUT2D eigenvalue weighted by Crippen LogP contribution is -2.40. The Labute approximate surface area is 149 Å². The zero-order chi connectivity index (χ0) is 18.4. The number of nitrogens with one attached hydrogen (secondary N) is 2. The molecule has 0 spiro atoms. The van der Waals surface area contributed by atoms with Gasteiger partial charge in [0.1, 0.15) is 5.82 Å². The van der Waals surface area contributed by atoms with Gasteiger partial charge in [0.15, 0.2) is 0 Å². The first kappa shape index (κ1) is 18.9. The van der Waals surface area contributed by atoms with Crippen molar-refractivity contribution in [3.63, 3.8) is 0 Å². The Morgan fingerprint density at radius 3 is 2.48 bits per heavy atom. The molecule has 5 nitrogen and oxygen atoms in total. The summed E-state index contributed by atoms with van der Waals surface area (Å²) >= 11 is 0. The van der Waals surface area contributed by atoms with E-state index in [0.29, 0.717) is 17.9 Å². The van der Waals surface area contributed by atoms with Crippen molar-refractivity contribution in [3.8, 4) is 0 Å². The monoisotopic (exact) mass is 341 g/mol. The second-order valence-electron chi connectivity index (χ2n) is 6.77. The largest absolute Gasteiger partial charge is 0.388 e. The van der Waals surface area contributed by atoms with E-state index in [-0.39, 0.29) is 11.8 Å². The second kappa shape index (κ2) is 8.12. The molecule has 2 aromatic rings. The highest BCUT2D eigenvalue weighted by Crippen LogP contribution is 2.20. The number of aryl methyl sites for hydroxylation is 1. The molecule has 0 fully saturated rings. The van der Waals surface area contributed by atoms with Crippen molar-refractivity contribution in [3.05, 3.63) is 53.7 Å². The Kier molecular flexibility index (Phi) is 6.15. The fourth-order valence-corrected chi connectivity index (χ4v) is 2.36. The van der Waals surface area contributed by atoms with Gasteiger partial charge in [0.05, 0.1) is 11.2 Å². The predicted molar refractivity (Wildman–Crippen MR) is 102 cm³/mol. The average molecular weight is 341 g/mol. The third-order valence-electron chi connectivity index (χ3n) is 4.64. The van der Waals surface area contributed by atoms with Gasteiger partial charge in [-0.1, -0.05) is 38.0 Å². The van der Waals surface area contributed by atoms with Crippen LogP contribution in [0, 0.1) is 12.8 Å². The Balaban J connectivity index is 1.95. The van der Waals surface area contributed by atoms with E-state index in [1.54, 1.807) is 12.1 Å². The molecule has 0 radical (unpaired) electrons. The Morgan fingerprint density at radius 1 is 1.24 bits per heavy atom. The fourth-order valence-electron chi connectivity index (χ4n) is 2.36. The molecule has 0 aliphatic heterocycles. The molecule has 2 rings (SSSR count). The molecule has 0 aliphatic rings. The number of anilines is 2. The molecule has 5 heteroatoms. The minimum absolute atomic E-state index is 0.180. The van der Waals surface area contributed by atoms with Gasteiger partial charge in [-0.15, -0.1) is 0 Å². The molecular weight excluding hydrogens is 314 g/mol. The van der Waals surface area contributed by atoms with Crippen LogP contribution in [0.2, 0.25) is 0 Å². The van der Waals surface area contributed by atoms with Crippen LogP contribution in [0.3, 0.4) is 0 Å². The number of amides is 1. The van der Waals surface area contributed by atoms with E-state index in [1.807, 2.05) is 45.0 Å². The van der Waals surface area contributed by atoms with E-state index in [2.05, 4.69) is 22.5 Å². The number of hydrogen-bond acceptors (Lipinski definition) is 4. The lowest BCUT2D eigenvalue weighted by atomic mass is 9.89. The molecule has 3 N–H and O–H groups in total. The molecule has 2 unspecified atom stereocenters. The molecule has 1 heterocycles. The quantitative estimate of drug-likeness (QED) is 0.715. The van der Waals surface area contributed by atoms with Crippen molar-refractivity contribution in [2.45, 2.75) is 39.7 Å². The van der Waals surface area contributed by atoms with Gasteiger partial charge in [0.25, 0.3) is 5.91 Å². The van der Waals surface area contributed by atoms with Crippen LogP contribution in [0.1, 0.15) is 43.1 Å². The number of benzene rings is 1. The molecule has 0 aliphatic carbocycles. The van der Waals surface area contributed by atoms with Crippen molar-refractivity contribution in [2.75, 3.05) is 17.2 Å². The van der Waals surface area contributed by atoms with Gasteiger partial charge in [-0.25, -0.2) is 4.98 Å². The summed E-state index contributed by atoms with van der Waals surface area (Å²) < 4.78 is 0. The number of aliphatic hydroxyl groups is 1. The van der Waals surface area contributed by atoms with Gasteiger partial charge in [-0.2, -0.15) is 0 Å². The normalized spacial score (nSPS) is 14.4. The topological polar surface area (TPSA) is 74.2 Å². The number of hydrogen-bond donors (Lipinski definition) is 3. The SMILES string of the molecule is CCC(C)C(C)(O)CNc1ccc(C(=O)Nc2ccc(C)cc2)cn1. The van der Waals surface area contributed by atoms with Gasteiger partial charge in [0.2, 0.25) is 0 Å². The second-order valence-corrected chi connectivity index (χ2v) is 6.77. The smallest absolute Gasteiger partial charge is 0.257 e. The van der Waals surface area contributed by atoms with Crippen LogP contribution in [0.5, 0.6) is 0 Å². The lowest BCUT2D eigenvalue weighted by Gasteiger charge is -2.30. The van der Waals surface area contributed by atoms with E-state index in [4.69, 9.17) is 0 Å². The van der Waals surface area contributed by atoms with Crippen LogP contribution in [-0.2, 0) is 0 Å². The first-order valence-electron chi connectivity index (χ1n) is 8.62. The van der Waals surface area contributed by atoms with E-state index in [0.717, 1.165) is 17.7 Å². The van der Waals surface area contributed by atoms with Gasteiger partial charge in [-0.05, 0) is 44.0 Å². The van der Waals surface area contributed by atoms with Crippen molar-refractivity contribution in [2.24, 2.45) is 5.92 Å². The summed E-state index contributed by atoms with van der Waals surface area (Å²) in [4.78, 5) is 16.5. The molecule has 25 heavy (non-hydrogen) atoms. The Bertz CT molecular complexity index is 694. The molecule has 0 saturated heterocycles. The number of aromatic nitrogens is 1. The van der Waals surface area contributed by atoms with Crippen LogP contribution >= 0.6 is 0 Å². The molecular formula is C20H27N3O2. The van der Waals surface area contributed by atoms with Gasteiger partial charge >= 0.3 is 0 Å². The zero-order valence-electron chi connectivity index (χ0n) is 15.3. The molecule has 1 aromatic heterocycles. The summed E-state index contributed by atoms with van der Waals surface area (Å²) in [5.74, 6) is 0.615. The summed E-state index contributed by atoms with van der Waals surface area (Å²) in [6.07, 6.45) is 2.43. The van der Waals surface area contributed by atoms with Crippen LogP contribution in [0.25, 0.3) is 0 Å². The van der Waals surface area contributed by atoms with Crippen molar-refractivity contribution in [1.82, 2.24) is 4.98 Å². The summed E-state index contributed by atoms with van der Waals surface area (Å²) in [6.45, 7) is 8.30. The molecule has 134 valence electrons. The minimum Gasteiger partial charge on any atom is -0.388 e. The first-order valence-corrected chi connectivity index (χ1v) is 8.62. The van der Waals surface area contributed by atoms with E-state index in [1.165, 1.54) is 6.20 Å². The number of rotatable bonds is 7. The summed E-state index contributed by atoms with van der Waals surface area (Å²) in [6, 6.07) is 11.1. The lowest BCUT2D eigenvalue weighted by molar-refractivity contribution is 0.0175. The average Bonchev–Trinajstić information content (AvgIpc) is 2.61. The zero-order valence-corrected chi connectivity index (χ0v) is 15.3. The fraction of sp³-hybridized carbons (Fsp3) is 0.400. The van der Waals surface area contributed by atoms with Crippen LogP contribution in [0.15, 0.2) is 42.6 Å². The van der Waals surface area contributed by atoms with Crippen LogP contribution in [0.4, 0.5) is 11.5 Å². The minimum atomic E-state index is -0.808. The summed E-state index contributed by atoms with van der Waals surface area (Å²) in [5.41, 5.74) is 1.57. The van der Waals surface area contributed by atoms with E-state index in [9.17, 15) is 9.90 Å². The van der Waals surface area contributed by atoms with Gasteiger partial charge in [-0.3, -0.25) is 4.79 Å². The van der Waals surface area contributed by atoms with Crippen molar-refractivity contribution in [1.29, 1.82) is 0 Å². The number of carbonyl (C=O) groups is 1. The van der Waals surface area contributed by atoms with Crippen molar-refractivity contribution < 1.29 is 9.90 Å². The number of carbonyl (C=O) groups excluding carboxylic acids is 1. The summed E-state index contributed by atoms with van der Waals surface area (Å²) in [7, 11) is 0. The van der Waals surface area contributed by atoms with Crippen LogP contribution < -0.4 is 10.6 Å². The number of nitrogens with zero attached hydrogens (tertiary/aromatic N) is 1. The molecule has 2 atom stereocenters. The van der Waals surface area contributed by atoms with Crippen molar-refractivity contribution >= 4 is 17.4 Å². The number of pyridine rings is 1. The Hall–Kier alpha value is -2.40. The van der Waals surface area contributed by atoms with E-state index >= 15 is 0 Å². The van der Waals surface area contributed by atoms with Gasteiger partial charge in [0, 0.05) is 18.4 Å². The third-order valence-corrected chi connectivity index (χ3v) is 4.64. The maximum atomic E-state index is 12.2. The highest BCUT2D eigenvalue weighted by Gasteiger charge is 2.26. The molecule has 0 bridgehead atoms. The van der Waals surface area contributed by atoms with E-state index < -0.39 is 5.60 Å². The maximum Gasteiger partial charge on any atom is 0.257 e. The molecule has 1 aromatic carbocycles. The van der Waals surface area contributed by atoms with Gasteiger partial charge < -0.3 is 15.7 Å². The Morgan fingerprint density at radius 2 is 1.92 bits per heavy atom. The highest BCUT2D eigenvalue weighted by atomic mass is 16.3. The first-order chi connectivity index (χ1) is 11.8. The highest BCUT2D eigenvalue weighted by molar-refractivity contribution is 6.04. The molecule has 1 amide bonds. The summed E-state index contributed by atoms with van der Waals surface area (Å²) in [5, 5.41) is 16.4. The van der Waals surface area contributed by atoms with Crippen LogP contribution in [-0.4, -0.2) is 28.1 Å². The molecule has 0 saturated carbocycles. The standard InChI is InChI=1S/C20H27N3O2/c1-5-15(3)20(4,25)13-22-18-11-8-16(12-21-18)19(24)23-17-9-6-14(2)7-10-17/h6-12,15,25H,5,13H2,1-4H3,(H,21,22)(H,23,24). The maximum absolute atomic E-state index is 12.2.